The number of nitrogen functional groups attached to an aromatic ring is 1. The number of amides is 1. The van der Waals surface area contributed by atoms with Crippen molar-refractivity contribution >= 4 is 33.0 Å². The van der Waals surface area contributed by atoms with Crippen LogP contribution in [-0.4, -0.2) is 73.3 Å². The van der Waals surface area contributed by atoms with Crippen LogP contribution in [0.25, 0.3) is 0 Å². The van der Waals surface area contributed by atoms with Crippen LogP contribution in [0.3, 0.4) is 0 Å². The van der Waals surface area contributed by atoms with Crippen LogP contribution >= 0.6 is 11.3 Å². The van der Waals surface area contributed by atoms with Crippen molar-refractivity contribution in [3.05, 3.63) is 86.9 Å². The van der Waals surface area contributed by atoms with Crippen molar-refractivity contribution in [2.75, 3.05) is 18.8 Å². The zero-order chi connectivity index (χ0) is 35.3. The third-order valence-electron chi connectivity index (χ3n) is 7.86. The van der Waals surface area contributed by atoms with Gasteiger partial charge in [0.2, 0.25) is 21.8 Å². The third-order valence-corrected chi connectivity index (χ3v) is 10.5. The number of nitrogens with zero attached hydrogens (tertiary/aromatic N) is 4. The number of thiazole rings is 1. The molecule has 48 heavy (non-hydrogen) atoms. The van der Waals surface area contributed by atoms with Gasteiger partial charge < -0.3 is 26.4 Å². The fraction of sp³-hybridized carbons (Fsp3) is 0.424. The SMILES string of the molecule is Cc1nc(Cn2c(O)cn([C@H](C(=O)N[C@@H](Cc3ccccc3)[C@H](O)CN(CC(C)C)S(=O)(=O)c3ccc(O)c(N)c3)C(C)C)c2=O)cs1. The molecule has 0 aliphatic rings. The first-order chi connectivity index (χ1) is 22.6. The van der Waals surface area contributed by atoms with Gasteiger partial charge in [-0.15, -0.1) is 11.3 Å². The Labute approximate surface area is 284 Å². The highest BCUT2D eigenvalue weighted by molar-refractivity contribution is 7.89. The van der Waals surface area contributed by atoms with Gasteiger partial charge in [-0.05, 0) is 48.9 Å². The minimum atomic E-state index is -4.18. The first kappa shape index (κ1) is 36.7. The Balaban J connectivity index is 1.65. The first-order valence-corrected chi connectivity index (χ1v) is 17.9. The number of hydrogen-bond acceptors (Lipinski definition) is 10. The maximum absolute atomic E-state index is 14.0. The average molecular weight is 701 g/mol. The van der Waals surface area contributed by atoms with Gasteiger partial charge >= 0.3 is 5.69 Å². The van der Waals surface area contributed by atoms with Crippen molar-refractivity contribution in [2.45, 2.75) is 70.7 Å². The van der Waals surface area contributed by atoms with E-state index in [9.17, 15) is 33.3 Å². The Bertz CT molecular complexity index is 1870. The predicted octanol–water partition coefficient (Wildman–Crippen LogP) is 3.09. The standard InChI is InChI=1S/C33H44N6O7S2/c1-20(2)15-37(48(45,46)25-11-12-28(40)26(34)14-25)17-29(41)27(13-23-9-7-6-8-10-23)36-32(43)31(21(3)4)39-18-30(42)38(33(39)44)16-24-19-47-22(5)35-24/h6-12,14,18-21,27,29,31,40-42H,13,15-17,34H2,1-5H3,(H,36,43)/t27-,29+,31-/m0/s1. The van der Waals surface area contributed by atoms with Gasteiger partial charge in [0.25, 0.3) is 0 Å². The van der Waals surface area contributed by atoms with Crippen LogP contribution in [0.1, 0.15) is 50.0 Å². The van der Waals surface area contributed by atoms with E-state index in [2.05, 4.69) is 10.3 Å². The number of nitrogens with two attached hydrogens (primary N) is 1. The van der Waals surface area contributed by atoms with Crippen LogP contribution in [0.15, 0.2) is 69.8 Å². The quantitative estimate of drug-likeness (QED) is 0.0916. The molecule has 0 bridgehead atoms. The Hall–Kier alpha value is -4.18. The zero-order valence-corrected chi connectivity index (χ0v) is 29.3. The second kappa shape index (κ2) is 15.4. The summed E-state index contributed by atoms with van der Waals surface area (Å²) in [6, 6.07) is 10.7. The van der Waals surface area contributed by atoms with Crippen LogP contribution in [0.4, 0.5) is 5.69 Å². The lowest BCUT2D eigenvalue weighted by atomic mass is 9.98. The maximum Gasteiger partial charge on any atom is 0.332 e. The summed E-state index contributed by atoms with van der Waals surface area (Å²) < 4.78 is 31.0. The molecule has 3 atom stereocenters. The molecule has 0 aliphatic heterocycles. The number of carbonyl (C=O) groups excluding carboxylic acids is 1. The number of anilines is 1. The average Bonchev–Trinajstić information content (AvgIpc) is 3.55. The lowest BCUT2D eigenvalue weighted by Gasteiger charge is -2.32. The van der Waals surface area contributed by atoms with Crippen molar-refractivity contribution < 1.29 is 28.5 Å². The normalized spacial score (nSPS) is 14.0. The first-order valence-electron chi connectivity index (χ1n) is 15.6. The number of imidazole rings is 1. The highest BCUT2D eigenvalue weighted by Gasteiger charge is 2.34. The molecule has 2 aromatic carbocycles. The van der Waals surface area contributed by atoms with E-state index in [4.69, 9.17) is 5.73 Å². The van der Waals surface area contributed by atoms with Gasteiger partial charge in [-0.1, -0.05) is 58.0 Å². The van der Waals surface area contributed by atoms with Crippen LogP contribution in [0, 0.1) is 18.8 Å². The van der Waals surface area contributed by atoms with Crippen molar-refractivity contribution in [3.8, 4) is 11.6 Å². The monoisotopic (exact) mass is 700 g/mol. The number of phenolic OH excluding ortho intramolecular Hbond substituents is 1. The van der Waals surface area contributed by atoms with Crippen LogP contribution in [0.5, 0.6) is 11.6 Å². The number of rotatable bonds is 15. The second-order valence-electron chi connectivity index (χ2n) is 12.6. The highest BCUT2D eigenvalue weighted by Crippen LogP contribution is 2.27. The molecular formula is C33H44N6O7S2. The second-order valence-corrected chi connectivity index (χ2v) is 15.6. The van der Waals surface area contributed by atoms with Gasteiger partial charge in [0.05, 0.1) is 46.2 Å². The molecule has 13 nitrogen and oxygen atoms in total. The van der Waals surface area contributed by atoms with E-state index < -0.39 is 45.7 Å². The molecule has 0 spiro atoms. The van der Waals surface area contributed by atoms with Gasteiger partial charge in [0.1, 0.15) is 11.8 Å². The molecule has 260 valence electrons. The largest absolute Gasteiger partial charge is 0.506 e. The molecule has 1 amide bonds. The summed E-state index contributed by atoms with van der Waals surface area (Å²) in [5.74, 6) is -1.69. The van der Waals surface area contributed by atoms with E-state index in [1.807, 2.05) is 51.1 Å². The minimum Gasteiger partial charge on any atom is -0.506 e. The van der Waals surface area contributed by atoms with E-state index in [0.29, 0.717) is 5.69 Å². The van der Waals surface area contributed by atoms with Crippen molar-refractivity contribution in [1.29, 1.82) is 0 Å². The Morgan fingerprint density at radius 2 is 1.77 bits per heavy atom. The molecule has 15 heteroatoms. The number of sulfonamides is 1. The molecular weight excluding hydrogens is 657 g/mol. The lowest BCUT2D eigenvalue weighted by Crippen LogP contribution is -2.53. The molecule has 2 aromatic heterocycles. The fourth-order valence-corrected chi connectivity index (χ4v) is 7.76. The van der Waals surface area contributed by atoms with Gasteiger partial charge in [0.15, 0.2) is 0 Å². The molecule has 0 saturated heterocycles. The molecule has 6 N–H and O–H groups in total. The van der Waals surface area contributed by atoms with E-state index in [1.165, 1.54) is 34.2 Å². The molecule has 4 rings (SSSR count). The molecule has 0 unspecified atom stereocenters. The van der Waals surface area contributed by atoms with Crippen molar-refractivity contribution in [1.82, 2.24) is 23.7 Å². The minimum absolute atomic E-state index is 0.0244. The molecule has 0 radical (unpaired) electrons. The summed E-state index contributed by atoms with van der Waals surface area (Å²) in [6.07, 6.45) is -0.00750. The maximum atomic E-state index is 14.0. The zero-order valence-electron chi connectivity index (χ0n) is 27.6. The van der Waals surface area contributed by atoms with Crippen molar-refractivity contribution in [2.24, 2.45) is 11.8 Å². The molecule has 2 heterocycles. The van der Waals surface area contributed by atoms with Gasteiger partial charge in [-0.3, -0.25) is 13.9 Å². The van der Waals surface area contributed by atoms with Gasteiger partial charge in [-0.25, -0.2) is 18.2 Å². The number of aryl methyl sites for hydroxylation is 1. The summed E-state index contributed by atoms with van der Waals surface area (Å²) in [5, 5.41) is 37.7. The van der Waals surface area contributed by atoms with E-state index in [1.54, 1.807) is 19.2 Å². The Kier molecular flexibility index (Phi) is 11.7. The summed E-state index contributed by atoms with van der Waals surface area (Å²) >= 11 is 1.42. The van der Waals surface area contributed by atoms with Crippen LogP contribution in [0.2, 0.25) is 0 Å². The van der Waals surface area contributed by atoms with E-state index >= 15 is 0 Å². The number of nitrogens with one attached hydrogen (secondary N) is 1. The lowest BCUT2D eigenvalue weighted by molar-refractivity contribution is -0.127. The van der Waals surface area contributed by atoms with E-state index in [0.717, 1.165) is 25.5 Å². The smallest absolute Gasteiger partial charge is 0.332 e. The third kappa shape index (κ3) is 8.64. The van der Waals surface area contributed by atoms with Crippen LogP contribution < -0.4 is 16.7 Å². The Morgan fingerprint density at radius 3 is 2.35 bits per heavy atom. The summed E-state index contributed by atoms with van der Waals surface area (Å²) in [6.45, 7) is 8.75. The summed E-state index contributed by atoms with van der Waals surface area (Å²) in [5.41, 5.74) is 6.47. The number of aromatic nitrogens is 3. The number of hydrogen-bond donors (Lipinski definition) is 5. The molecule has 0 aliphatic carbocycles. The Morgan fingerprint density at radius 1 is 1.08 bits per heavy atom. The number of aromatic hydroxyl groups is 2. The predicted molar refractivity (Wildman–Crippen MR) is 184 cm³/mol. The topological polar surface area (TPSA) is 193 Å². The summed E-state index contributed by atoms with van der Waals surface area (Å²) in [4.78, 5) is 31.8. The number of aliphatic hydroxyl groups excluding tert-OH is 1. The number of aliphatic hydroxyl groups is 1. The molecule has 0 saturated carbocycles. The van der Waals surface area contributed by atoms with Gasteiger partial charge in [-0.2, -0.15) is 4.31 Å². The summed E-state index contributed by atoms with van der Waals surface area (Å²) in [7, 11) is -4.18. The highest BCUT2D eigenvalue weighted by atomic mass is 32.2. The fourth-order valence-electron chi connectivity index (χ4n) is 5.50. The van der Waals surface area contributed by atoms with Crippen molar-refractivity contribution in [3.63, 3.8) is 0 Å². The molecule has 0 fully saturated rings. The van der Waals surface area contributed by atoms with Gasteiger partial charge in [0, 0.05) is 18.5 Å². The number of phenols is 1. The number of carbonyl (C=O) groups is 1. The number of benzene rings is 2. The van der Waals surface area contributed by atoms with E-state index in [-0.39, 0.29) is 54.2 Å². The van der Waals surface area contributed by atoms with Crippen LogP contribution in [-0.2, 0) is 27.8 Å². The molecule has 4 aromatic rings.